The zero-order valence-electron chi connectivity index (χ0n) is 20.3. The number of aromatic amines is 1. The number of benzene rings is 1. The number of para-hydroxylation sites is 1. The Morgan fingerprint density at radius 1 is 1.25 bits per heavy atom. The summed E-state index contributed by atoms with van der Waals surface area (Å²) in [5.74, 6) is 0.720. The molecule has 0 radical (unpaired) electrons. The molecule has 3 unspecified atom stereocenters. The number of fused-ring (bicyclic) bond motifs is 5. The molecule has 3 aliphatic rings. The van der Waals surface area contributed by atoms with Gasteiger partial charge in [0.15, 0.2) is 11.6 Å². The summed E-state index contributed by atoms with van der Waals surface area (Å²) in [5, 5.41) is 6.40. The Morgan fingerprint density at radius 3 is 3.06 bits per heavy atom. The molecule has 0 saturated carbocycles. The largest absolute Gasteiger partial charge is 0.492 e. The third-order valence-electron chi connectivity index (χ3n) is 7.53. The third kappa shape index (κ3) is 4.07. The normalized spacial score (nSPS) is 23.2. The summed E-state index contributed by atoms with van der Waals surface area (Å²) in [6, 6.07) is 6.59. The molecular weight excluding hydrogens is 461 g/mol. The summed E-state index contributed by atoms with van der Waals surface area (Å²) < 4.78 is 26.2. The highest BCUT2D eigenvalue weighted by atomic mass is 19.1. The van der Waals surface area contributed by atoms with E-state index in [4.69, 9.17) is 9.47 Å². The minimum absolute atomic E-state index is 0.0911. The lowest BCUT2D eigenvalue weighted by Crippen LogP contribution is -2.35. The van der Waals surface area contributed by atoms with E-state index in [-0.39, 0.29) is 17.6 Å². The van der Waals surface area contributed by atoms with Crippen molar-refractivity contribution in [3.8, 4) is 22.8 Å². The third-order valence-corrected chi connectivity index (χ3v) is 7.53. The molecule has 6 rings (SSSR count). The summed E-state index contributed by atoms with van der Waals surface area (Å²) in [6.07, 6.45) is 6.56. The second-order valence-electron chi connectivity index (χ2n) is 9.80. The van der Waals surface area contributed by atoms with Crippen molar-refractivity contribution in [1.82, 2.24) is 20.2 Å². The number of ether oxygens (including phenoxy) is 2. The molecule has 0 spiro atoms. The Kier molecular flexibility index (Phi) is 6.00. The fourth-order valence-corrected chi connectivity index (χ4v) is 5.71. The van der Waals surface area contributed by atoms with E-state index in [2.05, 4.69) is 25.5 Å². The van der Waals surface area contributed by atoms with Gasteiger partial charge in [0, 0.05) is 42.4 Å². The number of anilines is 2. The van der Waals surface area contributed by atoms with Crippen molar-refractivity contribution in [3.63, 3.8) is 0 Å². The van der Waals surface area contributed by atoms with Crippen molar-refractivity contribution in [2.24, 2.45) is 5.92 Å². The van der Waals surface area contributed by atoms with Gasteiger partial charge >= 0.3 is 0 Å². The van der Waals surface area contributed by atoms with Crippen LogP contribution in [0.4, 0.5) is 15.8 Å². The number of aromatic nitrogens is 2. The molecule has 188 valence electrons. The Labute approximate surface area is 209 Å². The van der Waals surface area contributed by atoms with Gasteiger partial charge in [-0.3, -0.25) is 9.78 Å². The molecule has 3 aliphatic heterocycles. The van der Waals surface area contributed by atoms with Crippen LogP contribution in [0.2, 0.25) is 0 Å². The maximum absolute atomic E-state index is 14.5. The lowest BCUT2D eigenvalue weighted by Gasteiger charge is -2.25. The highest BCUT2D eigenvalue weighted by Crippen LogP contribution is 2.44. The van der Waals surface area contributed by atoms with Gasteiger partial charge in [0.05, 0.1) is 42.5 Å². The molecule has 1 amide bonds. The number of nitrogens with one attached hydrogen (secondary N) is 3. The second-order valence-corrected chi connectivity index (χ2v) is 9.80. The number of rotatable bonds is 3. The van der Waals surface area contributed by atoms with Crippen LogP contribution in [-0.2, 0) is 0 Å². The minimum atomic E-state index is -0.479. The number of methoxy groups -OCH3 is 1. The zero-order valence-corrected chi connectivity index (χ0v) is 20.3. The topological polar surface area (TPSA) is 91.5 Å². The van der Waals surface area contributed by atoms with E-state index < -0.39 is 5.82 Å². The molecule has 9 heteroatoms. The van der Waals surface area contributed by atoms with Gasteiger partial charge in [-0.15, -0.1) is 0 Å². The molecule has 5 heterocycles. The molecule has 3 aromatic rings. The monoisotopic (exact) mass is 491 g/mol. The van der Waals surface area contributed by atoms with Gasteiger partial charge in [0.2, 0.25) is 0 Å². The highest BCUT2D eigenvalue weighted by molar-refractivity contribution is 6.07. The quantitative estimate of drug-likeness (QED) is 0.506. The van der Waals surface area contributed by atoms with Crippen LogP contribution >= 0.6 is 0 Å². The van der Waals surface area contributed by atoms with Crippen LogP contribution in [0.1, 0.15) is 41.2 Å². The standard InChI is InChI=1S/C27H30FN5O3/c1-35-26-19(28)5-2-6-20(26)31-25-22-23-17(12-30-27(22)34)4-3-10-33-11-8-16(14-33)15-36-21-13-29-9-7-18(21)24(25)32-23/h2,5-7,9,13,16-17,31-32H,3-4,8,10-12,14-15H2,1H3,(H,30,34). The van der Waals surface area contributed by atoms with E-state index in [0.717, 1.165) is 55.8 Å². The maximum Gasteiger partial charge on any atom is 0.255 e. The molecule has 8 nitrogen and oxygen atoms in total. The molecule has 0 aliphatic carbocycles. The summed E-state index contributed by atoms with van der Waals surface area (Å²) >= 11 is 0. The number of hydrogen-bond donors (Lipinski definition) is 3. The first-order valence-electron chi connectivity index (χ1n) is 12.6. The lowest BCUT2D eigenvalue weighted by atomic mass is 9.92. The first kappa shape index (κ1) is 22.8. The molecular formula is C27H30FN5O3. The molecule has 1 aromatic carbocycles. The molecule has 1 fully saturated rings. The fourth-order valence-electron chi connectivity index (χ4n) is 5.71. The maximum atomic E-state index is 14.5. The van der Waals surface area contributed by atoms with Gasteiger partial charge in [0.25, 0.3) is 5.91 Å². The number of hydrogen-bond acceptors (Lipinski definition) is 6. The van der Waals surface area contributed by atoms with Crippen molar-refractivity contribution in [2.75, 3.05) is 45.2 Å². The number of H-pyrrole nitrogens is 1. The van der Waals surface area contributed by atoms with Crippen LogP contribution in [0.3, 0.4) is 0 Å². The Bertz CT molecular complexity index is 1290. The number of carbonyl (C=O) groups is 1. The van der Waals surface area contributed by atoms with E-state index in [0.29, 0.717) is 41.8 Å². The van der Waals surface area contributed by atoms with Gasteiger partial charge in [-0.25, -0.2) is 4.39 Å². The first-order valence-corrected chi connectivity index (χ1v) is 12.6. The summed E-state index contributed by atoms with van der Waals surface area (Å²) in [6.45, 7) is 4.36. The Balaban J connectivity index is 1.51. The van der Waals surface area contributed by atoms with Crippen molar-refractivity contribution in [2.45, 2.75) is 25.2 Å². The van der Waals surface area contributed by atoms with E-state index in [9.17, 15) is 9.18 Å². The molecule has 3 N–H and O–H groups in total. The van der Waals surface area contributed by atoms with E-state index in [1.807, 2.05) is 6.07 Å². The van der Waals surface area contributed by atoms with Crippen LogP contribution in [-0.4, -0.2) is 60.7 Å². The average Bonchev–Trinajstić information content (AvgIpc) is 3.49. The van der Waals surface area contributed by atoms with Gasteiger partial charge in [-0.1, -0.05) is 6.07 Å². The molecule has 2 aromatic heterocycles. The van der Waals surface area contributed by atoms with Crippen molar-refractivity contribution < 1.29 is 18.7 Å². The van der Waals surface area contributed by atoms with Crippen LogP contribution < -0.4 is 20.1 Å². The van der Waals surface area contributed by atoms with Crippen molar-refractivity contribution in [1.29, 1.82) is 0 Å². The number of carbonyl (C=O) groups excluding carboxylic acids is 1. The summed E-state index contributed by atoms with van der Waals surface area (Å²) in [5.41, 5.74) is 3.98. The van der Waals surface area contributed by atoms with Crippen LogP contribution in [0.5, 0.6) is 11.5 Å². The lowest BCUT2D eigenvalue weighted by molar-refractivity contribution is 0.0939. The molecule has 36 heavy (non-hydrogen) atoms. The molecule has 4 bridgehead atoms. The number of nitrogens with zero attached hydrogens (tertiary/aromatic N) is 2. The van der Waals surface area contributed by atoms with Crippen molar-refractivity contribution in [3.05, 3.63) is 53.7 Å². The smallest absolute Gasteiger partial charge is 0.255 e. The SMILES string of the molecule is COc1c(F)cccc1Nc1c2[nH]c3c1C(=O)NCC3CCCN1CCC(COc3cnccc3-2)C1. The van der Waals surface area contributed by atoms with Crippen LogP contribution in [0.25, 0.3) is 11.3 Å². The Morgan fingerprint density at radius 2 is 2.17 bits per heavy atom. The minimum Gasteiger partial charge on any atom is -0.492 e. The first-order chi connectivity index (χ1) is 17.6. The van der Waals surface area contributed by atoms with Crippen LogP contribution in [0, 0.1) is 11.7 Å². The van der Waals surface area contributed by atoms with E-state index in [1.165, 1.54) is 13.2 Å². The summed E-state index contributed by atoms with van der Waals surface area (Å²) in [7, 11) is 1.43. The van der Waals surface area contributed by atoms with Crippen molar-refractivity contribution >= 4 is 17.3 Å². The number of amides is 1. The second kappa shape index (κ2) is 9.46. The Hall–Kier alpha value is -3.59. The van der Waals surface area contributed by atoms with Gasteiger partial charge in [-0.05, 0) is 50.6 Å². The highest BCUT2D eigenvalue weighted by Gasteiger charge is 2.34. The van der Waals surface area contributed by atoms with Gasteiger partial charge < -0.3 is 30.0 Å². The van der Waals surface area contributed by atoms with Crippen LogP contribution in [0.15, 0.2) is 36.7 Å². The summed E-state index contributed by atoms with van der Waals surface area (Å²) in [4.78, 5) is 23.6. The molecule has 3 atom stereocenters. The predicted molar refractivity (Wildman–Crippen MR) is 135 cm³/mol. The molecule has 1 saturated heterocycles. The average molecular weight is 492 g/mol. The van der Waals surface area contributed by atoms with Gasteiger partial charge in [-0.2, -0.15) is 0 Å². The number of halogens is 1. The van der Waals surface area contributed by atoms with Gasteiger partial charge in [0.1, 0.15) is 5.75 Å². The predicted octanol–water partition coefficient (Wildman–Crippen LogP) is 4.29. The number of pyridine rings is 1. The van der Waals surface area contributed by atoms with E-state index >= 15 is 0 Å². The van der Waals surface area contributed by atoms with E-state index in [1.54, 1.807) is 24.5 Å². The zero-order chi connectivity index (χ0) is 24.6. The fraction of sp³-hybridized carbons (Fsp3) is 0.407.